The third kappa shape index (κ3) is 4.43. The van der Waals surface area contributed by atoms with Gasteiger partial charge in [-0.3, -0.25) is 4.90 Å². The fourth-order valence-corrected chi connectivity index (χ4v) is 4.69. The van der Waals surface area contributed by atoms with Gasteiger partial charge in [0.05, 0.1) is 0 Å². The van der Waals surface area contributed by atoms with Gasteiger partial charge in [0.25, 0.3) is 0 Å². The van der Waals surface area contributed by atoms with Gasteiger partial charge in [-0.15, -0.1) is 0 Å². The van der Waals surface area contributed by atoms with Crippen LogP contribution in [0.2, 0.25) is 0 Å². The Bertz CT molecular complexity index is 297. The zero-order chi connectivity index (χ0) is 15.4. The Hall–Kier alpha value is -0.120. The van der Waals surface area contributed by atoms with Crippen molar-refractivity contribution in [1.29, 1.82) is 0 Å². The predicted octanol–water partition coefficient (Wildman–Crippen LogP) is 2.82. The molecule has 2 fully saturated rings. The minimum atomic E-state index is 0.708. The van der Waals surface area contributed by atoms with Crippen LogP contribution in [0.1, 0.15) is 52.9 Å². The molecule has 1 saturated heterocycles. The largest absolute Gasteiger partial charge is 0.312 e. The third-order valence-electron chi connectivity index (χ3n) is 5.73. The van der Waals surface area contributed by atoms with Crippen LogP contribution >= 0.6 is 0 Å². The van der Waals surface area contributed by atoms with E-state index in [4.69, 9.17) is 0 Å². The number of nitrogens with zero attached hydrogens (tertiary/aromatic N) is 2. The molecule has 0 aromatic heterocycles. The van der Waals surface area contributed by atoms with Gasteiger partial charge in [0.15, 0.2) is 0 Å². The second-order valence-electron chi connectivity index (χ2n) is 7.84. The van der Waals surface area contributed by atoms with Crippen molar-refractivity contribution < 1.29 is 0 Å². The molecule has 4 unspecified atom stereocenters. The standard InChI is InChI=1S/C18H37N3/c1-6-9-19-17-13-14(2)12-15(3)18(17)21-10-7-16(8-11-21)20(4)5/h14-19H,6-13H2,1-5H3. The second kappa shape index (κ2) is 7.94. The summed E-state index contributed by atoms with van der Waals surface area (Å²) in [7, 11) is 4.47. The topological polar surface area (TPSA) is 18.5 Å². The molecule has 3 nitrogen and oxygen atoms in total. The van der Waals surface area contributed by atoms with Crippen LogP contribution < -0.4 is 5.32 Å². The smallest absolute Gasteiger partial charge is 0.0275 e. The van der Waals surface area contributed by atoms with Crippen LogP contribution in [-0.4, -0.2) is 61.7 Å². The maximum atomic E-state index is 3.86. The molecule has 0 radical (unpaired) electrons. The molecule has 2 rings (SSSR count). The molecule has 3 heteroatoms. The van der Waals surface area contributed by atoms with Gasteiger partial charge in [-0.25, -0.2) is 0 Å². The van der Waals surface area contributed by atoms with Crippen molar-refractivity contribution in [3.8, 4) is 0 Å². The van der Waals surface area contributed by atoms with E-state index in [-0.39, 0.29) is 0 Å². The lowest BCUT2D eigenvalue weighted by molar-refractivity contribution is 0.0302. The molecule has 0 amide bonds. The van der Waals surface area contributed by atoms with Crippen molar-refractivity contribution in [2.24, 2.45) is 11.8 Å². The van der Waals surface area contributed by atoms with Gasteiger partial charge in [0.1, 0.15) is 0 Å². The van der Waals surface area contributed by atoms with Gasteiger partial charge >= 0.3 is 0 Å². The fourth-order valence-electron chi connectivity index (χ4n) is 4.69. The molecular weight excluding hydrogens is 258 g/mol. The summed E-state index contributed by atoms with van der Waals surface area (Å²) in [6.07, 6.45) is 6.69. The molecule has 1 heterocycles. The van der Waals surface area contributed by atoms with E-state index in [1.165, 1.54) is 51.7 Å². The predicted molar refractivity (Wildman–Crippen MR) is 91.7 cm³/mol. The van der Waals surface area contributed by atoms with E-state index in [1.54, 1.807) is 0 Å². The lowest BCUT2D eigenvalue weighted by Gasteiger charge is -2.48. The van der Waals surface area contributed by atoms with Gasteiger partial charge in [-0.05, 0) is 77.7 Å². The summed E-state index contributed by atoms with van der Waals surface area (Å²) < 4.78 is 0. The van der Waals surface area contributed by atoms with Gasteiger partial charge in [0.2, 0.25) is 0 Å². The van der Waals surface area contributed by atoms with E-state index in [9.17, 15) is 0 Å². The van der Waals surface area contributed by atoms with E-state index in [2.05, 4.69) is 50.0 Å². The average Bonchev–Trinajstić information content (AvgIpc) is 2.44. The number of likely N-dealkylation sites (tertiary alicyclic amines) is 1. The third-order valence-corrected chi connectivity index (χ3v) is 5.73. The Morgan fingerprint density at radius 3 is 2.33 bits per heavy atom. The molecule has 1 N–H and O–H groups in total. The molecule has 0 bridgehead atoms. The highest BCUT2D eigenvalue weighted by atomic mass is 15.2. The number of hydrogen-bond donors (Lipinski definition) is 1. The SMILES string of the molecule is CCCNC1CC(C)CC(C)C1N1CCC(N(C)C)CC1. The van der Waals surface area contributed by atoms with E-state index in [1.807, 2.05) is 0 Å². The highest BCUT2D eigenvalue weighted by Crippen LogP contribution is 2.34. The Morgan fingerprint density at radius 2 is 1.76 bits per heavy atom. The number of rotatable bonds is 5. The van der Waals surface area contributed by atoms with Crippen molar-refractivity contribution in [2.75, 3.05) is 33.7 Å². The van der Waals surface area contributed by atoms with Gasteiger partial charge in [0, 0.05) is 18.1 Å². The summed E-state index contributed by atoms with van der Waals surface area (Å²) in [5.41, 5.74) is 0. The normalized spacial score (nSPS) is 36.3. The van der Waals surface area contributed by atoms with Crippen molar-refractivity contribution in [3.63, 3.8) is 0 Å². The van der Waals surface area contributed by atoms with Crippen molar-refractivity contribution >= 4 is 0 Å². The molecule has 0 aromatic carbocycles. The van der Waals surface area contributed by atoms with E-state index < -0.39 is 0 Å². The lowest BCUT2D eigenvalue weighted by atomic mass is 9.75. The molecule has 1 aliphatic heterocycles. The van der Waals surface area contributed by atoms with E-state index in [0.29, 0.717) is 6.04 Å². The summed E-state index contributed by atoms with van der Waals surface area (Å²) in [6, 6.07) is 2.26. The van der Waals surface area contributed by atoms with Crippen LogP contribution in [0.15, 0.2) is 0 Å². The summed E-state index contributed by atoms with van der Waals surface area (Å²) in [4.78, 5) is 5.22. The molecule has 4 atom stereocenters. The van der Waals surface area contributed by atoms with Gasteiger partial charge in [-0.2, -0.15) is 0 Å². The monoisotopic (exact) mass is 295 g/mol. The molecule has 2 aliphatic rings. The first-order valence-electron chi connectivity index (χ1n) is 9.16. The maximum Gasteiger partial charge on any atom is 0.0275 e. The van der Waals surface area contributed by atoms with Crippen LogP contribution in [0.5, 0.6) is 0 Å². The Balaban J connectivity index is 1.97. The molecule has 124 valence electrons. The summed E-state index contributed by atoms with van der Waals surface area (Å²) >= 11 is 0. The summed E-state index contributed by atoms with van der Waals surface area (Å²) in [5.74, 6) is 1.71. The first kappa shape index (κ1) is 17.2. The Labute approximate surface area is 132 Å². The Morgan fingerprint density at radius 1 is 1.10 bits per heavy atom. The first-order chi connectivity index (χ1) is 10.0. The minimum absolute atomic E-state index is 0.708. The van der Waals surface area contributed by atoms with Crippen LogP contribution in [0.4, 0.5) is 0 Å². The summed E-state index contributed by atoms with van der Waals surface area (Å²) in [6.45, 7) is 11.0. The first-order valence-corrected chi connectivity index (χ1v) is 9.16. The van der Waals surface area contributed by atoms with Gasteiger partial charge in [-0.1, -0.05) is 20.8 Å². The Kier molecular flexibility index (Phi) is 6.51. The maximum absolute atomic E-state index is 3.86. The molecular formula is C18H37N3. The van der Waals surface area contributed by atoms with Gasteiger partial charge < -0.3 is 10.2 Å². The van der Waals surface area contributed by atoms with Crippen LogP contribution in [0, 0.1) is 11.8 Å². The van der Waals surface area contributed by atoms with Crippen LogP contribution in [0.25, 0.3) is 0 Å². The number of piperidine rings is 1. The van der Waals surface area contributed by atoms with Crippen LogP contribution in [-0.2, 0) is 0 Å². The van der Waals surface area contributed by atoms with E-state index in [0.717, 1.165) is 23.9 Å². The van der Waals surface area contributed by atoms with Crippen molar-refractivity contribution in [2.45, 2.75) is 71.0 Å². The van der Waals surface area contributed by atoms with E-state index >= 15 is 0 Å². The summed E-state index contributed by atoms with van der Waals surface area (Å²) in [5, 5.41) is 3.86. The molecule has 21 heavy (non-hydrogen) atoms. The zero-order valence-electron chi connectivity index (χ0n) is 14.9. The molecule has 0 aromatic rings. The highest BCUT2D eigenvalue weighted by molar-refractivity contribution is 4.95. The van der Waals surface area contributed by atoms with Crippen molar-refractivity contribution in [3.05, 3.63) is 0 Å². The number of nitrogens with one attached hydrogen (secondary N) is 1. The van der Waals surface area contributed by atoms with Crippen molar-refractivity contribution in [1.82, 2.24) is 15.1 Å². The average molecular weight is 296 g/mol. The lowest BCUT2D eigenvalue weighted by Crippen LogP contribution is -2.59. The number of hydrogen-bond acceptors (Lipinski definition) is 3. The second-order valence-corrected chi connectivity index (χ2v) is 7.84. The fraction of sp³-hybridized carbons (Fsp3) is 1.00. The highest BCUT2D eigenvalue weighted by Gasteiger charge is 2.38. The minimum Gasteiger partial charge on any atom is -0.312 e. The molecule has 1 aliphatic carbocycles. The molecule has 1 saturated carbocycles. The molecule has 0 spiro atoms. The zero-order valence-corrected chi connectivity index (χ0v) is 14.9. The quantitative estimate of drug-likeness (QED) is 0.841. The van der Waals surface area contributed by atoms with Crippen LogP contribution in [0.3, 0.4) is 0 Å².